The number of hydrogen-bond donors (Lipinski definition) is 1. The van der Waals surface area contributed by atoms with Crippen molar-refractivity contribution in [2.75, 3.05) is 0 Å². The van der Waals surface area contributed by atoms with Crippen LogP contribution < -0.4 is 0 Å². The van der Waals surface area contributed by atoms with Crippen molar-refractivity contribution in [1.29, 1.82) is 0 Å². The molecule has 0 aromatic heterocycles. The monoisotopic (exact) mass is 110 g/mol. The van der Waals surface area contributed by atoms with E-state index in [9.17, 15) is 0 Å². The molecule has 0 unspecified atom stereocenters. The van der Waals surface area contributed by atoms with Crippen LogP contribution in [0.1, 0.15) is 19.3 Å². The highest BCUT2D eigenvalue weighted by atomic mass is 16.3. The lowest BCUT2D eigenvalue weighted by molar-refractivity contribution is 0.432. The van der Waals surface area contributed by atoms with Gasteiger partial charge in [-0.3, -0.25) is 0 Å². The van der Waals surface area contributed by atoms with E-state index in [-0.39, 0.29) is 5.76 Å². The molecule has 0 spiro atoms. The summed E-state index contributed by atoms with van der Waals surface area (Å²) < 4.78 is 0. The Morgan fingerprint density at radius 1 is 1.62 bits per heavy atom. The van der Waals surface area contributed by atoms with Gasteiger partial charge in [-0.05, 0) is 25.3 Å². The maximum absolute atomic E-state index is 8.62. The summed E-state index contributed by atoms with van der Waals surface area (Å²) in [5.74, 6) is 0.194. The predicted molar refractivity (Wildman–Crippen MR) is 33.7 cm³/mol. The number of aliphatic hydroxyl groups is 1. The quantitative estimate of drug-likeness (QED) is 0.513. The second kappa shape index (κ2) is 2.03. The highest BCUT2D eigenvalue weighted by Crippen LogP contribution is 2.25. The van der Waals surface area contributed by atoms with Gasteiger partial charge in [0, 0.05) is 0 Å². The van der Waals surface area contributed by atoms with Crippen LogP contribution in [0.3, 0.4) is 0 Å². The van der Waals surface area contributed by atoms with Crippen molar-refractivity contribution in [2.45, 2.75) is 19.3 Å². The number of hydrogen-bond acceptors (Lipinski definition) is 1. The molecule has 0 bridgehead atoms. The van der Waals surface area contributed by atoms with Crippen LogP contribution in [0.5, 0.6) is 0 Å². The van der Waals surface area contributed by atoms with Gasteiger partial charge >= 0.3 is 0 Å². The van der Waals surface area contributed by atoms with Gasteiger partial charge in [-0.25, -0.2) is 0 Å². The first-order valence-electron chi connectivity index (χ1n) is 2.86. The lowest BCUT2D eigenvalue weighted by atomic mass is 9.92. The van der Waals surface area contributed by atoms with E-state index in [1.165, 1.54) is 12.0 Å². The minimum absolute atomic E-state index is 0.194. The molecule has 1 rings (SSSR count). The molecule has 0 aliphatic heterocycles. The van der Waals surface area contributed by atoms with Crippen molar-refractivity contribution in [3.63, 3.8) is 0 Å². The highest BCUT2D eigenvalue weighted by molar-refractivity contribution is 5.18. The van der Waals surface area contributed by atoms with E-state index in [1.54, 1.807) is 6.08 Å². The lowest BCUT2D eigenvalue weighted by Gasteiger charge is -2.14. The minimum atomic E-state index is 0.194. The molecule has 1 aliphatic carbocycles. The lowest BCUT2D eigenvalue weighted by Crippen LogP contribution is -1.96. The second-order valence-corrected chi connectivity index (χ2v) is 2.15. The molecule has 0 amide bonds. The fraction of sp³-hybridized carbons (Fsp3) is 0.429. The highest BCUT2D eigenvalue weighted by Gasteiger charge is 2.06. The van der Waals surface area contributed by atoms with Crippen LogP contribution in [0.25, 0.3) is 0 Å². The summed E-state index contributed by atoms with van der Waals surface area (Å²) in [5, 5.41) is 8.62. The average Bonchev–Trinajstić information content (AvgIpc) is 1.55. The molecule has 0 aromatic carbocycles. The fourth-order valence-electron chi connectivity index (χ4n) is 0.761. The van der Waals surface area contributed by atoms with E-state index in [0.29, 0.717) is 0 Å². The Morgan fingerprint density at radius 2 is 2.25 bits per heavy atom. The third-order valence-electron chi connectivity index (χ3n) is 1.37. The van der Waals surface area contributed by atoms with Gasteiger partial charge in [0.2, 0.25) is 0 Å². The van der Waals surface area contributed by atoms with Crippen molar-refractivity contribution >= 4 is 0 Å². The summed E-state index contributed by atoms with van der Waals surface area (Å²) >= 11 is 0. The number of allylic oxidation sites excluding steroid dienone is 2. The zero-order valence-electron chi connectivity index (χ0n) is 4.85. The molecule has 1 aliphatic rings. The van der Waals surface area contributed by atoms with Crippen LogP contribution in [-0.2, 0) is 0 Å². The molecule has 1 saturated carbocycles. The van der Waals surface area contributed by atoms with E-state index >= 15 is 0 Å². The maximum Gasteiger partial charge on any atom is 0.108 e. The Bertz CT molecular complexity index is 127. The van der Waals surface area contributed by atoms with Crippen molar-refractivity contribution in [2.24, 2.45) is 0 Å². The maximum atomic E-state index is 8.62. The van der Waals surface area contributed by atoms with Crippen molar-refractivity contribution < 1.29 is 5.11 Å². The largest absolute Gasteiger partial charge is 0.509 e. The van der Waals surface area contributed by atoms with Gasteiger partial charge < -0.3 is 5.11 Å². The van der Waals surface area contributed by atoms with Crippen LogP contribution in [0.2, 0.25) is 0 Å². The van der Waals surface area contributed by atoms with Gasteiger partial charge in [0.05, 0.1) is 0 Å². The molecule has 1 heteroatoms. The van der Waals surface area contributed by atoms with E-state index in [4.69, 9.17) is 5.11 Å². The number of rotatable bonds is 1. The summed E-state index contributed by atoms with van der Waals surface area (Å²) in [6.45, 7) is 3.36. The molecule has 0 saturated heterocycles. The third kappa shape index (κ3) is 1.12. The van der Waals surface area contributed by atoms with Gasteiger partial charge in [0.1, 0.15) is 5.76 Å². The van der Waals surface area contributed by atoms with Crippen molar-refractivity contribution in [3.8, 4) is 0 Å². The first kappa shape index (κ1) is 5.42. The Morgan fingerprint density at radius 3 is 2.38 bits per heavy atom. The zero-order valence-corrected chi connectivity index (χ0v) is 4.85. The Kier molecular flexibility index (Phi) is 1.38. The standard InChI is InChI=1S/C7H10O/c1-6(8)5-7-3-2-4-7/h5,8H,1-4H2. The van der Waals surface area contributed by atoms with Gasteiger partial charge in [0.25, 0.3) is 0 Å². The molecule has 1 fully saturated rings. The summed E-state index contributed by atoms with van der Waals surface area (Å²) in [4.78, 5) is 0. The summed E-state index contributed by atoms with van der Waals surface area (Å²) in [6, 6.07) is 0. The van der Waals surface area contributed by atoms with Gasteiger partial charge in [-0.15, -0.1) is 0 Å². The van der Waals surface area contributed by atoms with Crippen molar-refractivity contribution in [1.82, 2.24) is 0 Å². The average molecular weight is 110 g/mol. The SMILES string of the molecule is C=C(O)C=C1CCC1. The first-order chi connectivity index (χ1) is 3.79. The molecule has 44 valence electrons. The molecule has 1 nitrogen and oxygen atoms in total. The van der Waals surface area contributed by atoms with Crippen LogP contribution in [0.15, 0.2) is 24.0 Å². The second-order valence-electron chi connectivity index (χ2n) is 2.15. The van der Waals surface area contributed by atoms with Gasteiger partial charge in [0.15, 0.2) is 0 Å². The van der Waals surface area contributed by atoms with Gasteiger partial charge in [-0.2, -0.15) is 0 Å². The Balaban J connectivity index is 2.42. The molecule has 1 N–H and O–H groups in total. The number of aliphatic hydroxyl groups excluding tert-OH is 1. The van der Waals surface area contributed by atoms with E-state index in [2.05, 4.69) is 6.58 Å². The minimum Gasteiger partial charge on any atom is -0.509 e. The van der Waals surface area contributed by atoms with Crippen LogP contribution in [0.4, 0.5) is 0 Å². The normalized spacial score (nSPS) is 17.2. The molecule has 0 atom stereocenters. The summed E-state index contributed by atoms with van der Waals surface area (Å²) in [5.41, 5.74) is 1.33. The predicted octanol–water partition coefficient (Wildman–Crippen LogP) is 2.17. The van der Waals surface area contributed by atoms with E-state index < -0.39 is 0 Å². The topological polar surface area (TPSA) is 20.2 Å². The van der Waals surface area contributed by atoms with Gasteiger partial charge in [-0.1, -0.05) is 12.2 Å². The first-order valence-corrected chi connectivity index (χ1v) is 2.86. The molecular weight excluding hydrogens is 100 g/mol. The molecule has 0 heterocycles. The van der Waals surface area contributed by atoms with Crippen molar-refractivity contribution in [3.05, 3.63) is 24.0 Å². The molecule has 0 radical (unpaired) electrons. The molecular formula is C7H10O. The van der Waals surface area contributed by atoms with E-state index in [1.807, 2.05) is 0 Å². The summed E-state index contributed by atoms with van der Waals surface area (Å²) in [7, 11) is 0. The Labute approximate surface area is 49.3 Å². The molecule has 8 heavy (non-hydrogen) atoms. The van der Waals surface area contributed by atoms with E-state index in [0.717, 1.165) is 12.8 Å². The van der Waals surface area contributed by atoms with Crippen LogP contribution >= 0.6 is 0 Å². The zero-order chi connectivity index (χ0) is 5.98. The fourth-order valence-corrected chi connectivity index (χ4v) is 0.761. The van der Waals surface area contributed by atoms with Crippen LogP contribution in [0, 0.1) is 0 Å². The van der Waals surface area contributed by atoms with Crippen LogP contribution in [-0.4, -0.2) is 5.11 Å². The smallest absolute Gasteiger partial charge is 0.108 e. The Hall–Kier alpha value is -0.720. The summed E-state index contributed by atoms with van der Waals surface area (Å²) in [6.07, 6.45) is 5.34. The molecule has 0 aromatic rings. The third-order valence-corrected chi connectivity index (χ3v) is 1.37.